The van der Waals surface area contributed by atoms with Crippen molar-refractivity contribution < 1.29 is 14.3 Å². The number of piperidine rings is 1. The number of para-hydroxylation sites is 1. The number of hydrogen-bond donors (Lipinski definition) is 0. The highest BCUT2D eigenvalue weighted by atomic mass is 16.5. The van der Waals surface area contributed by atoms with Crippen LogP contribution >= 0.6 is 0 Å². The highest BCUT2D eigenvalue weighted by Crippen LogP contribution is 2.39. The fraction of sp³-hybridized carbons (Fsp3) is 0.333. The van der Waals surface area contributed by atoms with Crippen LogP contribution in [0.5, 0.6) is 5.75 Å². The van der Waals surface area contributed by atoms with E-state index in [2.05, 4.69) is 4.90 Å². The van der Waals surface area contributed by atoms with Crippen LogP contribution in [0.1, 0.15) is 36.0 Å². The Balaban J connectivity index is 1.89. The summed E-state index contributed by atoms with van der Waals surface area (Å²) in [6, 6.07) is 13.3. The molecular weight excluding hydrogens is 364 g/mol. The summed E-state index contributed by atoms with van der Waals surface area (Å²) in [4.78, 5) is 30.7. The van der Waals surface area contributed by atoms with Gasteiger partial charge in [0, 0.05) is 18.7 Å². The minimum absolute atomic E-state index is 0.244. The first-order chi connectivity index (χ1) is 14.0. The maximum atomic E-state index is 13.7. The number of carbonyl (C=O) groups excluding carboxylic acids is 2. The van der Waals surface area contributed by atoms with Crippen LogP contribution in [0.15, 0.2) is 48.2 Å². The van der Waals surface area contributed by atoms with Gasteiger partial charge in [0.15, 0.2) is 0 Å². The molecule has 29 heavy (non-hydrogen) atoms. The third kappa shape index (κ3) is 3.31. The van der Waals surface area contributed by atoms with Gasteiger partial charge in [-0.1, -0.05) is 30.3 Å². The molecule has 2 aliphatic rings. The topological polar surface area (TPSA) is 49.9 Å². The third-order valence-electron chi connectivity index (χ3n) is 5.71. The minimum Gasteiger partial charge on any atom is -0.496 e. The number of rotatable bonds is 4. The van der Waals surface area contributed by atoms with E-state index in [1.165, 1.54) is 4.90 Å². The molecule has 1 saturated heterocycles. The maximum Gasteiger partial charge on any atom is 0.282 e. The van der Waals surface area contributed by atoms with E-state index in [0.717, 1.165) is 43.5 Å². The molecule has 4 rings (SSSR count). The molecule has 0 unspecified atom stereocenters. The van der Waals surface area contributed by atoms with Gasteiger partial charge >= 0.3 is 0 Å². The van der Waals surface area contributed by atoms with Crippen LogP contribution in [-0.2, 0) is 9.59 Å². The smallest absolute Gasteiger partial charge is 0.282 e. The summed E-state index contributed by atoms with van der Waals surface area (Å²) in [6.45, 7) is 5.46. The molecule has 2 aromatic rings. The zero-order valence-corrected chi connectivity index (χ0v) is 17.2. The fourth-order valence-corrected chi connectivity index (χ4v) is 4.20. The van der Waals surface area contributed by atoms with Gasteiger partial charge in [0.05, 0.1) is 18.4 Å². The Morgan fingerprint density at radius 3 is 2.34 bits per heavy atom. The second-order valence-electron chi connectivity index (χ2n) is 7.71. The molecule has 5 heteroatoms. The molecule has 5 nitrogen and oxygen atoms in total. The first-order valence-electron chi connectivity index (χ1n) is 10.1. The van der Waals surface area contributed by atoms with E-state index < -0.39 is 0 Å². The number of hydrogen-bond acceptors (Lipinski definition) is 4. The molecule has 150 valence electrons. The number of carbonyl (C=O) groups is 2. The normalized spacial score (nSPS) is 17.3. The highest BCUT2D eigenvalue weighted by molar-refractivity contribution is 6.45. The van der Waals surface area contributed by atoms with Crippen molar-refractivity contribution >= 4 is 23.1 Å². The first-order valence-corrected chi connectivity index (χ1v) is 10.1. The Labute approximate surface area is 171 Å². The largest absolute Gasteiger partial charge is 0.496 e. The van der Waals surface area contributed by atoms with Crippen molar-refractivity contribution in [3.05, 3.63) is 64.9 Å². The van der Waals surface area contributed by atoms with Crippen LogP contribution in [0.25, 0.3) is 5.57 Å². The Bertz CT molecular complexity index is 1000. The molecule has 0 saturated carbocycles. The van der Waals surface area contributed by atoms with Crippen LogP contribution in [0.4, 0.5) is 5.69 Å². The van der Waals surface area contributed by atoms with Crippen molar-refractivity contribution in [1.82, 2.24) is 4.90 Å². The summed E-state index contributed by atoms with van der Waals surface area (Å²) in [5.41, 5.74) is 4.17. The molecule has 2 aliphatic heterocycles. The van der Waals surface area contributed by atoms with Gasteiger partial charge in [-0.15, -0.1) is 0 Å². The number of imide groups is 1. The van der Waals surface area contributed by atoms with Crippen molar-refractivity contribution in [2.24, 2.45) is 0 Å². The Morgan fingerprint density at radius 2 is 1.62 bits per heavy atom. The molecule has 2 amide bonds. The third-order valence-corrected chi connectivity index (χ3v) is 5.71. The van der Waals surface area contributed by atoms with Gasteiger partial charge in [-0.3, -0.25) is 9.59 Å². The zero-order chi connectivity index (χ0) is 20.5. The van der Waals surface area contributed by atoms with Crippen molar-refractivity contribution in [2.45, 2.75) is 33.1 Å². The molecule has 0 N–H and O–H groups in total. The molecule has 0 radical (unpaired) electrons. The van der Waals surface area contributed by atoms with Crippen LogP contribution < -0.4 is 9.64 Å². The quantitative estimate of drug-likeness (QED) is 0.738. The summed E-state index contributed by atoms with van der Waals surface area (Å²) in [7, 11) is 1.59. The van der Waals surface area contributed by atoms with E-state index in [-0.39, 0.29) is 11.8 Å². The molecule has 0 aromatic heterocycles. The van der Waals surface area contributed by atoms with E-state index >= 15 is 0 Å². The Hall–Kier alpha value is -3.08. The fourth-order valence-electron chi connectivity index (χ4n) is 4.20. The molecule has 2 aromatic carbocycles. The summed E-state index contributed by atoms with van der Waals surface area (Å²) in [5, 5.41) is 0. The summed E-state index contributed by atoms with van der Waals surface area (Å²) < 4.78 is 5.53. The average molecular weight is 390 g/mol. The molecule has 1 fully saturated rings. The van der Waals surface area contributed by atoms with Gasteiger partial charge in [0.25, 0.3) is 11.8 Å². The predicted molar refractivity (Wildman–Crippen MR) is 114 cm³/mol. The van der Waals surface area contributed by atoms with Crippen molar-refractivity contribution in [3.63, 3.8) is 0 Å². The zero-order valence-electron chi connectivity index (χ0n) is 17.2. The number of nitrogens with zero attached hydrogens (tertiary/aromatic N) is 2. The SMILES string of the molecule is COc1ccccc1C1=C(N2CCCCC2)C(=O)N(c2cc(C)ccc2C)C1=O. The molecule has 0 bridgehead atoms. The number of ether oxygens (including phenoxy) is 1. The Kier molecular flexibility index (Phi) is 5.14. The van der Waals surface area contributed by atoms with Gasteiger partial charge in [-0.25, -0.2) is 4.90 Å². The lowest BCUT2D eigenvalue weighted by atomic mass is 10.0. The summed E-state index contributed by atoms with van der Waals surface area (Å²) in [5.74, 6) is 0.0706. The van der Waals surface area contributed by atoms with E-state index in [9.17, 15) is 9.59 Å². The summed E-state index contributed by atoms with van der Waals surface area (Å²) >= 11 is 0. The lowest BCUT2D eigenvalue weighted by Crippen LogP contribution is -2.37. The van der Waals surface area contributed by atoms with Gasteiger partial charge < -0.3 is 9.64 Å². The van der Waals surface area contributed by atoms with E-state index in [1.807, 2.05) is 56.3 Å². The van der Waals surface area contributed by atoms with Crippen LogP contribution in [0, 0.1) is 13.8 Å². The van der Waals surface area contributed by atoms with Crippen molar-refractivity contribution in [1.29, 1.82) is 0 Å². The maximum absolute atomic E-state index is 13.7. The van der Waals surface area contributed by atoms with E-state index in [0.29, 0.717) is 28.3 Å². The van der Waals surface area contributed by atoms with Crippen LogP contribution in [0.2, 0.25) is 0 Å². The van der Waals surface area contributed by atoms with E-state index in [1.54, 1.807) is 7.11 Å². The number of aryl methyl sites for hydroxylation is 2. The second-order valence-corrected chi connectivity index (χ2v) is 7.71. The first kappa shape index (κ1) is 19.2. The lowest BCUT2D eigenvalue weighted by molar-refractivity contribution is -0.120. The molecule has 0 atom stereocenters. The Morgan fingerprint density at radius 1 is 0.897 bits per heavy atom. The second kappa shape index (κ2) is 7.74. The highest BCUT2D eigenvalue weighted by Gasteiger charge is 2.43. The van der Waals surface area contributed by atoms with Crippen molar-refractivity contribution in [3.8, 4) is 5.75 Å². The van der Waals surface area contributed by atoms with Gasteiger partial charge in [0.2, 0.25) is 0 Å². The predicted octanol–water partition coefficient (Wildman–Crippen LogP) is 4.08. The number of amides is 2. The summed E-state index contributed by atoms with van der Waals surface area (Å²) in [6.07, 6.45) is 3.19. The van der Waals surface area contributed by atoms with E-state index in [4.69, 9.17) is 4.74 Å². The number of benzene rings is 2. The molecule has 0 aliphatic carbocycles. The molecular formula is C24H26N2O3. The number of likely N-dealkylation sites (tertiary alicyclic amines) is 1. The number of anilines is 1. The van der Waals surface area contributed by atoms with Crippen LogP contribution in [0.3, 0.4) is 0 Å². The van der Waals surface area contributed by atoms with Crippen LogP contribution in [-0.4, -0.2) is 36.9 Å². The van der Waals surface area contributed by atoms with Gasteiger partial charge in [0.1, 0.15) is 11.4 Å². The van der Waals surface area contributed by atoms with Crippen molar-refractivity contribution in [2.75, 3.05) is 25.1 Å². The monoisotopic (exact) mass is 390 g/mol. The lowest BCUT2D eigenvalue weighted by Gasteiger charge is -2.30. The minimum atomic E-state index is -0.284. The van der Waals surface area contributed by atoms with Gasteiger partial charge in [-0.2, -0.15) is 0 Å². The molecule has 2 heterocycles. The average Bonchev–Trinajstić information content (AvgIpc) is 3.00. The van der Waals surface area contributed by atoms with Gasteiger partial charge in [-0.05, 0) is 56.4 Å². The molecule has 0 spiro atoms. The standard InChI is InChI=1S/C24H26N2O3/c1-16-11-12-17(2)19(15-16)26-23(27)21(18-9-5-6-10-20(18)29-3)22(24(26)28)25-13-7-4-8-14-25/h5-6,9-12,15H,4,7-8,13-14H2,1-3H3. The number of methoxy groups -OCH3 is 1.